The molecule has 2 N–H and O–H groups in total. The summed E-state index contributed by atoms with van der Waals surface area (Å²) in [6.45, 7) is 5.33. The maximum atomic E-state index is 11.6. The lowest BCUT2D eigenvalue weighted by Crippen LogP contribution is -2.27. The molecule has 1 aromatic rings. The first kappa shape index (κ1) is 14.8. The van der Waals surface area contributed by atoms with E-state index in [1.807, 2.05) is 0 Å². The van der Waals surface area contributed by atoms with E-state index < -0.39 is 17.7 Å². The van der Waals surface area contributed by atoms with Gasteiger partial charge in [-0.2, -0.15) is 0 Å². The minimum atomic E-state index is -1.02. The largest absolute Gasteiger partial charge is 0.478 e. The Morgan fingerprint density at radius 2 is 2.00 bits per heavy atom. The van der Waals surface area contributed by atoms with Crippen molar-refractivity contribution in [3.8, 4) is 0 Å². The van der Waals surface area contributed by atoms with Crippen LogP contribution < -0.4 is 5.32 Å². The number of anilines is 1. The van der Waals surface area contributed by atoms with Crippen LogP contribution in [0.3, 0.4) is 0 Å². The summed E-state index contributed by atoms with van der Waals surface area (Å²) >= 11 is 0. The molecule has 5 heteroatoms. The molecule has 1 amide bonds. The van der Waals surface area contributed by atoms with Crippen molar-refractivity contribution >= 4 is 23.8 Å². The van der Waals surface area contributed by atoms with E-state index in [0.29, 0.717) is 11.3 Å². The summed E-state index contributed by atoms with van der Waals surface area (Å²) in [6.07, 6.45) is 1.93. The van der Waals surface area contributed by atoms with Crippen LogP contribution in [0.25, 0.3) is 6.08 Å². The topological polar surface area (TPSA) is 75.6 Å². The van der Waals surface area contributed by atoms with Crippen LogP contribution in [0.5, 0.6) is 0 Å². The molecule has 1 aromatic carbocycles. The van der Waals surface area contributed by atoms with Crippen molar-refractivity contribution in [2.75, 3.05) is 5.32 Å². The SMILES string of the molecule is CC(C)(C)OC(=O)Nc1cccc(C=CC(=O)O)c1. The second-order valence-corrected chi connectivity index (χ2v) is 4.92. The maximum Gasteiger partial charge on any atom is 0.412 e. The van der Waals surface area contributed by atoms with Gasteiger partial charge in [-0.1, -0.05) is 12.1 Å². The van der Waals surface area contributed by atoms with Crippen molar-refractivity contribution in [2.24, 2.45) is 0 Å². The summed E-state index contributed by atoms with van der Waals surface area (Å²) in [5, 5.41) is 11.1. The summed E-state index contributed by atoms with van der Waals surface area (Å²) in [5.41, 5.74) is 0.656. The number of hydrogen-bond acceptors (Lipinski definition) is 3. The number of ether oxygens (including phenoxy) is 1. The Balaban J connectivity index is 2.72. The number of rotatable bonds is 3. The van der Waals surface area contributed by atoms with Gasteiger partial charge in [-0.3, -0.25) is 5.32 Å². The van der Waals surface area contributed by atoms with E-state index >= 15 is 0 Å². The number of hydrogen-bond donors (Lipinski definition) is 2. The van der Waals surface area contributed by atoms with Crippen molar-refractivity contribution in [1.29, 1.82) is 0 Å². The quantitative estimate of drug-likeness (QED) is 0.821. The molecule has 19 heavy (non-hydrogen) atoms. The molecule has 0 heterocycles. The molecule has 0 aliphatic rings. The summed E-state index contributed by atoms with van der Waals surface area (Å²) in [6, 6.07) is 6.80. The van der Waals surface area contributed by atoms with Crippen LogP contribution in [-0.4, -0.2) is 22.8 Å². The fraction of sp³-hybridized carbons (Fsp3) is 0.286. The van der Waals surface area contributed by atoms with E-state index in [-0.39, 0.29) is 0 Å². The number of carbonyl (C=O) groups is 2. The molecule has 5 nitrogen and oxygen atoms in total. The molecule has 0 saturated heterocycles. The number of carboxylic acid groups (broad SMARTS) is 1. The highest BCUT2D eigenvalue weighted by Crippen LogP contribution is 2.14. The number of carboxylic acids is 1. The van der Waals surface area contributed by atoms with E-state index in [4.69, 9.17) is 9.84 Å². The molecule has 0 spiro atoms. The molecular weight excluding hydrogens is 246 g/mol. The molecule has 0 bridgehead atoms. The van der Waals surface area contributed by atoms with Crippen LogP contribution in [0.4, 0.5) is 10.5 Å². The summed E-state index contributed by atoms with van der Waals surface area (Å²) in [4.78, 5) is 22.0. The smallest absolute Gasteiger partial charge is 0.412 e. The molecule has 0 unspecified atom stereocenters. The Morgan fingerprint density at radius 1 is 1.32 bits per heavy atom. The first-order valence-electron chi connectivity index (χ1n) is 5.77. The number of amides is 1. The van der Waals surface area contributed by atoms with E-state index in [9.17, 15) is 9.59 Å². The van der Waals surface area contributed by atoms with Crippen LogP contribution in [0, 0.1) is 0 Å². The van der Waals surface area contributed by atoms with Gasteiger partial charge in [-0.25, -0.2) is 9.59 Å². The Bertz CT molecular complexity index is 500. The summed E-state index contributed by atoms with van der Waals surface area (Å²) < 4.78 is 5.12. The van der Waals surface area contributed by atoms with Crippen LogP contribution >= 0.6 is 0 Å². The average molecular weight is 263 g/mol. The molecule has 0 fully saturated rings. The van der Waals surface area contributed by atoms with Gasteiger partial charge in [0.05, 0.1) is 0 Å². The zero-order valence-electron chi connectivity index (χ0n) is 11.1. The van der Waals surface area contributed by atoms with Crippen LogP contribution in [0.2, 0.25) is 0 Å². The van der Waals surface area contributed by atoms with Gasteiger partial charge in [-0.05, 0) is 44.5 Å². The fourth-order valence-electron chi connectivity index (χ4n) is 1.31. The van der Waals surface area contributed by atoms with Gasteiger partial charge in [0.25, 0.3) is 0 Å². The van der Waals surface area contributed by atoms with Crippen molar-refractivity contribution < 1.29 is 19.4 Å². The predicted molar refractivity (Wildman–Crippen MR) is 73.0 cm³/mol. The Morgan fingerprint density at radius 3 is 2.58 bits per heavy atom. The molecule has 1 rings (SSSR count). The van der Waals surface area contributed by atoms with Crippen molar-refractivity contribution in [3.05, 3.63) is 35.9 Å². The van der Waals surface area contributed by atoms with Crippen molar-refractivity contribution in [3.63, 3.8) is 0 Å². The average Bonchev–Trinajstić information content (AvgIpc) is 2.24. The maximum absolute atomic E-state index is 11.6. The fourth-order valence-corrected chi connectivity index (χ4v) is 1.31. The van der Waals surface area contributed by atoms with E-state index in [1.54, 1.807) is 45.0 Å². The monoisotopic (exact) mass is 263 g/mol. The molecule has 0 aliphatic heterocycles. The first-order chi connectivity index (χ1) is 8.76. The molecule has 0 aliphatic carbocycles. The molecule has 102 valence electrons. The molecular formula is C14H17NO4. The van der Waals surface area contributed by atoms with E-state index in [0.717, 1.165) is 6.08 Å². The third-order valence-electron chi connectivity index (χ3n) is 1.95. The van der Waals surface area contributed by atoms with Gasteiger partial charge in [0.15, 0.2) is 0 Å². The van der Waals surface area contributed by atoms with Gasteiger partial charge in [0.2, 0.25) is 0 Å². The van der Waals surface area contributed by atoms with E-state index in [1.165, 1.54) is 6.08 Å². The Hall–Kier alpha value is -2.30. The molecule has 0 saturated carbocycles. The van der Waals surface area contributed by atoms with Gasteiger partial charge in [0.1, 0.15) is 5.60 Å². The highest BCUT2D eigenvalue weighted by molar-refractivity contribution is 5.87. The minimum absolute atomic E-state index is 0.543. The second kappa shape index (κ2) is 6.04. The molecule has 0 aromatic heterocycles. The van der Waals surface area contributed by atoms with Crippen LogP contribution in [0.1, 0.15) is 26.3 Å². The Kier molecular flexibility index (Phi) is 4.69. The summed E-state index contributed by atoms with van der Waals surface area (Å²) in [7, 11) is 0. The number of carbonyl (C=O) groups excluding carboxylic acids is 1. The third-order valence-corrected chi connectivity index (χ3v) is 1.95. The first-order valence-corrected chi connectivity index (χ1v) is 5.77. The highest BCUT2D eigenvalue weighted by Gasteiger charge is 2.16. The lowest BCUT2D eigenvalue weighted by molar-refractivity contribution is -0.131. The summed E-state index contributed by atoms with van der Waals surface area (Å²) in [5.74, 6) is -1.02. The lowest BCUT2D eigenvalue weighted by atomic mass is 10.2. The highest BCUT2D eigenvalue weighted by atomic mass is 16.6. The molecule has 0 radical (unpaired) electrons. The predicted octanol–water partition coefficient (Wildman–Crippen LogP) is 3.13. The Labute approximate surface area is 111 Å². The van der Waals surface area contributed by atoms with Crippen molar-refractivity contribution in [2.45, 2.75) is 26.4 Å². The van der Waals surface area contributed by atoms with Crippen LogP contribution in [-0.2, 0) is 9.53 Å². The van der Waals surface area contributed by atoms with Gasteiger partial charge in [0, 0.05) is 11.8 Å². The zero-order chi connectivity index (χ0) is 14.5. The number of benzene rings is 1. The van der Waals surface area contributed by atoms with Gasteiger partial charge in [-0.15, -0.1) is 0 Å². The van der Waals surface area contributed by atoms with Crippen molar-refractivity contribution in [1.82, 2.24) is 0 Å². The minimum Gasteiger partial charge on any atom is -0.478 e. The van der Waals surface area contributed by atoms with Gasteiger partial charge < -0.3 is 9.84 Å². The number of nitrogens with one attached hydrogen (secondary N) is 1. The van der Waals surface area contributed by atoms with E-state index in [2.05, 4.69) is 5.32 Å². The zero-order valence-corrected chi connectivity index (χ0v) is 11.1. The third kappa shape index (κ3) is 6.26. The second-order valence-electron chi connectivity index (χ2n) is 4.92. The number of aliphatic carboxylic acids is 1. The lowest BCUT2D eigenvalue weighted by Gasteiger charge is -2.19. The standard InChI is InChI=1S/C14H17NO4/c1-14(2,3)19-13(18)15-11-6-4-5-10(9-11)7-8-12(16)17/h4-9H,1-3H3,(H,15,18)(H,16,17). The molecule has 0 atom stereocenters. The normalized spacial score (nSPS) is 11.3. The van der Waals surface area contributed by atoms with Crippen LogP contribution in [0.15, 0.2) is 30.3 Å². The van der Waals surface area contributed by atoms with Gasteiger partial charge >= 0.3 is 12.1 Å².